The molecule has 6 heteroatoms. The number of rotatable bonds is 4. The minimum atomic E-state index is -1.92. The molecule has 3 atom stereocenters. The molecule has 0 fully saturated rings. The Balaban J connectivity index is 4.25. The van der Waals surface area contributed by atoms with Crippen LogP contribution in [0.5, 0.6) is 0 Å². The smallest absolute Gasteiger partial charge is 0.438 e. The Hall–Kier alpha value is -0.650. The zero-order chi connectivity index (χ0) is 10.4. The molecule has 0 N–H and O–H groups in total. The fourth-order valence-corrected chi connectivity index (χ4v) is 0.974. The maximum atomic E-state index is 12.8. The first kappa shape index (κ1) is 12.3. The lowest BCUT2D eigenvalue weighted by atomic mass is 10.2. The third kappa shape index (κ3) is 4.21. The Morgan fingerprint density at radius 3 is 2.54 bits per heavy atom. The monoisotopic (exact) mass is 255 g/mol. The molecule has 0 aromatic rings. The number of halogens is 2. The summed E-state index contributed by atoms with van der Waals surface area (Å²) in [6.45, 7) is 3.38. The Morgan fingerprint density at radius 2 is 2.23 bits per heavy atom. The summed E-state index contributed by atoms with van der Waals surface area (Å²) in [6.07, 6.45) is -4.21. The van der Waals surface area contributed by atoms with E-state index < -0.39 is 23.3 Å². The van der Waals surface area contributed by atoms with Crippen LogP contribution in [0.1, 0.15) is 0 Å². The van der Waals surface area contributed by atoms with Crippen LogP contribution in [0.25, 0.3) is 0 Å². The van der Waals surface area contributed by atoms with Crippen molar-refractivity contribution in [3.8, 4) is 0 Å². The average Bonchev–Trinajstić information content (AvgIpc) is 2.11. The molecule has 0 saturated heterocycles. The number of methoxy groups -OCH3 is 1. The molecule has 0 aromatic carbocycles. The summed E-state index contributed by atoms with van der Waals surface area (Å²) in [6, 6.07) is 0. The van der Waals surface area contributed by atoms with Gasteiger partial charge in [-0.2, -0.15) is 0 Å². The summed E-state index contributed by atoms with van der Waals surface area (Å²) in [5.41, 5.74) is 0. The van der Waals surface area contributed by atoms with Crippen LogP contribution in [0.3, 0.4) is 0 Å². The van der Waals surface area contributed by atoms with Crippen LogP contribution in [0.15, 0.2) is 0 Å². The van der Waals surface area contributed by atoms with Crippen molar-refractivity contribution in [2.75, 3.05) is 7.11 Å². The van der Waals surface area contributed by atoms with Crippen LogP contribution in [-0.2, 0) is 14.3 Å². The molecule has 0 saturated carbocycles. The topological polar surface area (TPSA) is 52.6 Å². The predicted octanol–water partition coefficient (Wildman–Crippen LogP) is 1.27. The highest BCUT2D eigenvalue weighted by atomic mass is 79.9. The second-order valence-corrected chi connectivity index (χ2v) is 3.31. The normalized spacial score (nSPS) is 16.9. The molecule has 0 heterocycles. The number of ether oxygens (including phenoxy) is 2. The van der Waals surface area contributed by atoms with Gasteiger partial charge in [0.25, 0.3) is 0 Å². The van der Waals surface area contributed by atoms with E-state index in [0.29, 0.717) is 0 Å². The third-order valence-corrected chi connectivity index (χ3v) is 1.72. The predicted molar refractivity (Wildman–Crippen MR) is 46.3 cm³/mol. The van der Waals surface area contributed by atoms with E-state index in [2.05, 4.69) is 32.3 Å². The van der Waals surface area contributed by atoms with Crippen molar-refractivity contribution >= 4 is 28.4 Å². The highest BCUT2D eigenvalue weighted by molar-refractivity contribution is 9.09. The van der Waals surface area contributed by atoms with E-state index in [1.165, 1.54) is 0 Å². The van der Waals surface area contributed by atoms with Crippen molar-refractivity contribution in [3.63, 3.8) is 0 Å². The van der Waals surface area contributed by atoms with E-state index in [0.717, 1.165) is 7.11 Å². The third-order valence-electron chi connectivity index (χ3n) is 1.20. The zero-order valence-electron chi connectivity index (χ0n) is 6.91. The molecular weight excluding hydrogens is 247 g/mol. The van der Waals surface area contributed by atoms with Crippen molar-refractivity contribution in [1.29, 1.82) is 0 Å². The molecule has 0 aliphatic carbocycles. The maximum absolute atomic E-state index is 12.8. The van der Waals surface area contributed by atoms with Crippen molar-refractivity contribution in [3.05, 3.63) is 6.92 Å². The van der Waals surface area contributed by atoms with Crippen LogP contribution in [0.4, 0.5) is 9.18 Å². The van der Waals surface area contributed by atoms with Gasteiger partial charge in [0, 0.05) is 0 Å². The molecule has 1 radical (unpaired) electrons. The first-order chi connectivity index (χ1) is 6.02. The van der Waals surface area contributed by atoms with Crippen molar-refractivity contribution in [2.45, 2.75) is 17.1 Å². The minimum absolute atomic E-state index is 0.0348. The van der Waals surface area contributed by atoms with Gasteiger partial charge in [0.05, 0.1) is 11.9 Å². The highest BCUT2D eigenvalue weighted by Gasteiger charge is 2.29. The lowest BCUT2D eigenvalue weighted by Crippen LogP contribution is -2.35. The summed E-state index contributed by atoms with van der Waals surface area (Å²) in [4.78, 5) is 19.9. The van der Waals surface area contributed by atoms with E-state index >= 15 is 0 Å². The van der Waals surface area contributed by atoms with Gasteiger partial charge in [0.2, 0.25) is 0 Å². The molecule has 0 rings (SSSR count). The molecule has 0 aliphatic rings. The van der Waals surface area contributed by atoms with Gasteiger partial charge >= 0.3 is 6.16 Å². The van der Waals surface area contributed by atoms with Crippen molar-refractivity contribution in [2.24, 2.45) is 0 Å². The zero-order valence-corrected chi connectivity index (χ0v) is 8.49. The van der Waals surface area contributed by atoms with E-state index in [4.69, 9.17) is 0 Å². The molecule has 75 valence electrons. The molecule has 0 bridgehead atoms. The summed E-state index contributed by atoms with van der Waals surface area (Å²) < 4.78 is 21.3. The number of hydrogen-bond donors (Lipinski definition) is 0. The molecule has 0 amide bonds. The van der Waals surface area contributed by atoms with Gasteiger partial charge < -0.3 is 9.47 Å². The van der Waals surface area contributed by atoms with Crippen LogP contribution in [-0.4, -0.2) is 36.7 Å². The number of hydrogen-bond acceptors (Lipinski definition) is 4. The quantitative estimate of drug-likeness (QED) is 0.432. The minimum Gasteiger partial charge on any atom is -0.438 e. The summed E-state index contributed by atoms with van der Waals surface area (Å²) in [5.74, 6) is 0. The maximum Gasteiger partial charge on any atom is 0.508 e. The second kappa shape index (κ2) is 5.90. The van der Waals surface area contributed by atoms with Crippen molar-refractivity contribution in [1.82, 2.24) is 0 Å². The molecular formula is C7H9BrFO4. The lowest BCUT2D eigenvalue weighted by Gasteiger charge is -2.19. The van der Waals surface area contributed by atoms with Gasteiger partial charge in [-0.05, 0) is 6.92 Å². The number of carbonyl (C=O) groups excluding carboxylic acids is 2. The van der Waals surface area contributed by atoms with Gasteiger partial charge in [-0.3, -0.25) is 4.79 Å². The SMILES string of the molecule is [CH2][C@H](Br)[C@@H](OC(=O)OC)[C@H](F)C=O. The standard InChI is InChI=1S/C7H9BrFO4/c1-4(8)6(5(9)3-10)13-7(11)12-2/h3-6H,1H2,2H3/t4-,5+,6+/m0/s1. The Bertz CT molecular complexity index is 185. The Morgan fingerprint density at radius 1 is 1.69 bits per heavy atom. The van der Waals surface area contributed by atoms with Crippen LogP contribution < -0.4 is 0 Å². The van der Waals surface area contributed by atoms with E-state index in [1.54, 1.807) is 0 Å². The first-order valence-corrected chi connectivity index (χ1v) is 4.25. The fourth-order valence-electron chi connectivity index (χ4n) is 0.575. The van der Waals surface area contributed by atoms with E-state index in [-0.39, 0.29) is 6.29 Å². The van der Waals surface area contributed by atoms with Crippen molar-refractivity contribution < 1.29 is 23.5 Å². The number of aldehydes is 1. The molecule has 4 nitrogen and oxygen atoms in total. The summed E-state index contributed by atoms with van der Waals surface area (Å²) in [7, 11) is 1.08. The summed E-state index contributed by atoms with van der Waals surface area (Å²) in [5, 5.41) is 0. The fraction of sp³-hybridized carbons (Fsp3) is 0.571. The van der Waals surface area contributed by atoms with Gasteiger partial charge in [-0.25, -0.2) is 9.18 Å². The Kier molecular flexibility index (Phi) is 5.61. The number of alkyl halides is 2. The van der Waals surface area contributed by atoms with Gasteiger partial charge in [-0.1, -0.05) is 15.9 Å². The largest absolute Gasteiger partial charge is 0.508 e. The van der Waals surface area contributed by atoms with E-state index in [1.807, 2.05) is 0 Å². The molecule has 0 aliphatic heterocycles. The lowest BCUT2D eigenvalue weighted by molar-refractivity contribution is -0.115. The molecule has 0 aromatic heterocycles. The molecule has 13 heavy (non-hydrogen) atoms. The van der Waals surface area contributed by atoms with Gasteiger partial charge in [-0.15, -0.1) is 0 Å². The van der Waals surface area contributed by atoms with Crippen LogP contribution in [0.2, 0.25) is 0 Å². The second-order valence-electron chi connectivity index (χ2n) is 2.13. The first-order valence-electron chi connectivity index (χ1n) is 3.34. The van der Waals surface area contributed by atoms with Crippen LogP contribution >= 0.6 is 15.9 Å². The molecule has 0 spiro atoms. The van der Waals surface area contributed by atoms with Gasteiger partial charge in [0.15, 0.2) is 18.6 Å². The number of carbonyl (C=O) groups is 2. The van der Waals surface area contributed by atoms with E-state index in [9.17, 15) is 14.0 Å². The van der Waals surface area contributed by atoms with Crippen LogP contribution in [0, 0.1) is 6.92 Å². The Labute approximate surface area is 83.5 Å². The highest BCUT2D eigenvalue weighted by Crippen LogP contribution is 2.14. The van der Waals surface area contributed by atoms with Gasteiger partial charge in [0.1, 0.15) is 0 Å². The molecule has 0 unspecified atom stereocenters. The summed E-state index contributed by atoms with van der Waals surface area (Å²) >= 11 is 2.90. The average molecular weight is 256 g/mol.